The van der Waals surface area contributed by atoms with E-state index in [2.05, 4.69) is 33.8 Å². The van der Waals surface area contributed by atoms with E-state index in [1.54, 1.807) is 25.7 Å². The van der Waals surface area contributed by atoms with Crippen molar-refractivity contribution in [3.63, 3.8) is 0 Å². The van der Waals surface area contributed by atoms with Crippen LogP contribution in [-0.4, -0.2) is 0 Å². The van der Waals surface area contributed by atoms with Gasteiger partial charge in [-0.25, -0.2) is 0 Å². The smallest absolute Gasteiger partial charge is 0.00851 e. The second-order valence-electron chi connectivity index (χ2n) is 16.2. The number of hydrogen-bond acceptors (Lipinski definition) is 0. The van der Waals surface area contributed by atoms with Gasteiger partial charge in [0.05, 0.1) is 0 Å². The molecule has 3 fully saturated rings. The van der Waals surface area contributed by atoms with Crippen molar-refractivity contribution in [3.05, 3.63) is 11.6 Å². The van der Waals surface area contributed by atoms with Crippen LogP contribution in [0.4, 0.5) is 0 Å². The summed E-state index contributed by atoms with van der Waals surface area (Å²) in [5.74, 6) is 4.99. The van der Waals surface area contributed by atoms with Crippen LogP contribution in [-0.2, 0) is 0 Å². The van der Waals surface area contributed by atoms with Gasteiger partial charge in [-0.05, 0) is 98.2 Å². The first kappa shape index (κ1) is 32.6. The van der Waals surface area contributed by atoms with E-state index >= 15 is 0 Å². The Hall–Kier alpha value is -0.260. The molecule has 0 radical (unpaired) electrons. The zero-order valence-electron chi connectivity index (χ0n) is 28.1. The molecule has 3 saturated carbocycles. The average Bonchev–Trinajstić information content (AvgIpc) is 3.29. The van der Waals surface area contributed by atoms with Gasteiger partial charge in [0, 0.05) is 0 Å². The highest BCUT2D eigenvalue weighted by molar-refractivity contribution is 5.25. The highest BCUT2D eigenvalue weighted by Crippen LogP contribution is 2.67. The topological polar surface area (TPSA) is 0 Å². The SMILES string of the molecule is CCCCCCCCCCCCCCCCCCCC[C@H]1CC[C@H]2C3CC=C4CC(C)CCC4(C)[C@H]3CCC12C. The van der Waals surface area contributed by atoms with E-state index in [-0.39, 0.29) is 0 Å². The van der Waals surface area contributed by atoms with E-state index in [1.165, 1.54) is 148 Å². The van der Waals surface area contributed by atoms with E-state index < -0.39 is 0 Å². The lowest BCUT2D eigenvalue weighted by atomic mass is 9.47. The summed E-state index contributed by atoms with van der Waals surface area (Å²) in [6, 6.07) is 0. The second-order valence-corrected chi connectivity index (χ2v) is 16.2. The molecule has 0 spiro atoms. The standard InChI is InChI=1S/C40H72/c1-5-6-7-8-9-10-11-12-13-14-15-16-17-18-19-20-21-22-23-34-25-27-37-36-26-24-35-32-33(2)28-30-40(35,4)38(36)29-31-39(34,37)3/h24,33-34,36-38H,5-23,25-32H2,1-4H3/t33?,34-,36?,37-,38-,39?,40?/m0/s1. The fourth-order valence-electron chi connectivity index (χ4n) is 10.7. The van der Waals surface area contributed by atoms with Crippen molar-refractivity contribution in [2.45, 2.75) is 201 Å². The zero-order valence-corrected chi connectivity index (χ0v) is 28.1. The molecule has 4 unspecified atom stereocenters. The maximum atomic E-state index is 2.77. The fraction of sp³-hybridized carbons (Fsp3) is 0.950. The summed E-state index contributed by atoms with van der Waals surface area (Å²) >= 11 is 0. The second kappa shape index (κ2) is 16.6. The van der Waals surface area contributed by atoms with Crippen molar-refractivity contribution in [3.8, 4) is 0 Å². The highest BCUT2D eigenvalue weighted by atomic mass is 14.6. The van der Waals surface area contributed by atoms with E-state index in [1.807, 2.05) is 5.57 Å². The number of allylic oxidation sites excluding steroid dienone is 2. The van der Waals surface area contributed by atoms with Gasteiger partial charge in [-0.3, -0.25) is 0 Å². The molecule has 0 bridgehead atoms. The van der Waals surface area contributed by atoms with Crippen LogP contribution in [0.5, 0.6) is 0 Å². The minimum Gasteiger partial charge on any atom is -0.0845 e. The molecule has 4 rings (SSSR count). The summed E-state index contributed by atoms with van der Waals surface area (Å²) < 4.78 is 0. The summed E-state index contributed by atoms with van der Waals surface area (Å²) in [4.78, 5) is 0. The number of fused-ring (bicyclic) bond motifs is 5. The molecule has 0 aromatic carbocycles. The molecule has 4 aliphatic rings. The molecule has 7 atom stereocenters. The minimum atomic E-state index is 0.558. The zero-order chi connectivity index (χ0) is 28.3. The van der Waals surface area contributed by atoms with E-state index in [9.17, 15) is 0 Å². The Bertz CT molecular complexity index is 732. The van der Waals surface area contributed by atoms with Crippen LogP contribution >= 0.6 is 0 Å². The molecule has 0 N–H and O–H groups in total. The summed E-state index contributed by atoms with van der Waals surface area (Å²) in [5.41, 5.74) is 3.10. The number of unbranched alkanes of at least 4 members (excludes halogenated alkanes) is 17. The molecule has 0 heteroatoms. The van der Waals surface area contributed by atoms with Crippen LogP contribution in [0.1, 0.15) is 201 Å². The van der Waals surface area contributed by atoms with Crippen LogP contribution in [0.3, 0.4) is 0 Å². The Morgan fingerprint density at radius 1 is 0.625 bits per heavy atom. The van der Waals surface area contributed by atoms with Gasteiger partial charge < -0.3 is 0 Å². The quantitative estimate of drug-likeness (QED) is 0.110. The third kappa shape index (κ3) is 8.43. The van der Waals surface area contributed by atoms with Crippen LogP contribution in [0.2, 0.25) is 0 Å². The fourth-order valence-corrected chi connectivity index (χ4v) is 10.7. The van der Waals surface area contributed by atoms with Crippen molar-refractivity contribution >= 4 is 0 Å². The van der Waals surface area contributed by atoms with Crippen molar-refractivity contribution in [2.24, 2.45) is 40.4 Å². The molecule has 4 aliphatic carbocycles. The van der Waals surface area contributed by atoms with Crippen molar-refractivity contribution in [1.82, 2.24) is 0 Å². The summed E-state index contributed by atoms with van der Waals surface area (Å²) in [6.07, 6.45) is 43.0. The van der Waals surface area contributed by atoms with Gasteiger partial charge in [0.2, 0.25) is 0 Å². The lowest BCUT2D eigenvalue weighted by Gasteiger charge is -2.58. The third-order valence-corrected chi connectivity index (χ3v) is 13.5. The van der Waals surface area contributed by atoms with Crippen molar-refractivity contribution < 1.29 is 0 Å². The van der Waals surface area contributed by atoms with Crippen LogP contribution in [0.25, 0.3) is 0 Å². The van der Waals surface area contributed by atoms with Gasteiger partial charge in [-0.2, -0.15) is 0 Å². The normalized spacial score (nSPS) is 35.2. The van der Waals surface area contributed by atoms with E-state index in [4.69, 9.17) is 0 Å². The van der Waals surface area contributed by atoms with E-state index in [0.29, 0.717) is 10.8 Å². The van der Waals surface area contributed by atoms with Crippen LogP contribution in [0.15, 0.2) is 11.6 Å². The minimum absolute atomic E-state index is 0.558. The summed E-state index contributed by atoms with van der Waals surface area (Å²) in [7, 11) is 0. The number of hydrogen-bond donors (Lipinski definition) is 0. The van der Waals surface area contributed by atoms with Crippen LogP contribution < -0.4 is 0 Å². The molecule has 0 aromatic heterocycles. The first-order chi connectivity index (χ1) is 19.5. The molecule has 0 saturated heterocycles. The lowest BCUT2D eigenvalue weighted by Crippen LogP contribution is -2.49. The van der Waals surface area contributed by atoms with Gasteiger partial charge in [0.15, 0.2) is 0 Å². The highest BCUT2D eigenvalue weighted by Gasteiger charge is 2.58. The summed E-state index contributed by atoms with van der Waals surface area (Å²) in [6.45, 7) is 10.2. The molecular weight excluding hydrogens is 480 g/mol. The molecule has 40 heavy (non-hydrogen) atoms. The molecule has 0 heterocycles. The largest absolute Gasteiger partial charge is 0.0845 e. The molecular formula is C40H72. The molecule has 0 aromatic rings. The maximum Gasteiger partial charge on any atom is -0.00851 e. The Morgan fingerprint density at radius 2 is 1.18 bits per heavy atom. The molecule has 0 nitrogen and oxygen atoms in total. The molecule has 0 amide bonds. The third-order valence-electron chi connectivity index (χ3n) is 13.5. The first-order valence-electron chi connectivity index (χ1n) is 19.2. The average molecular weight is 553 g/mol. The predicted molar refractivity (Wildman–Crippen MR) is 178 cm³/mol. The Labute approximate surface area is 252 Å². The molecule has 232 valence electrons. The van der Waals surface area contributed by atoms with Gasteiger partial charge in [0.1, 0.15) is 0 Å². The van der Waals surface area contributed by atoms with Gasteiger partial charge in [0.25, 0.3) is 0 Å². The summed E-state index contributed by atoms with van der Waals surface area (Å²) in [5, 5.41) is 0. The monoisotopic (exact) mass is 553 g/mol. The predicted octanol–water partition coefficient (Wildman–Crippen LogP) is 13.6. The molecule has 0 aliphatic heterocycles. The Kier molecular flexibility index (Phi) is 13.5. The van der Waals surface area contributed by atoms with Crippen molar-refractivity contribution in [2.75, 3.05) is 0 Å². The Morgan fingerprint density at radius 3 is 1.75 bits per heavy atom. The van der Waals surface area contributed by atoms with Gasteiger partial charge in [-0.15, -0.1) is 0 Å². The Balaban J connectivity index is 1.01. The van der Waals surface area contributed by atoms with Crippen LogP contribution in [0, 0.1) is 40.4 Å². The van der Waals surface area contributed by atoms with Crippen molar-refractivity contribution in [1.29, 1.82) is 0 Å². The lowest BCUT2D eigenvalue weighted by molar-refractivity contribution is -0.0450. The number of rotatable bonds is 19. The first-order valence-corrected chi connectivity index (χ1v) is 19.2. The van der Waals surface area contributed by atoms with Gasteiger partial charge in [-0.1, -0.05) is 155 Å². The van der Waals surface area contributed by atoms with Gasteiger partial charge >= 0.3 is 0 Å². The maximum absolute atomic E-state index is 2.77. The van der Waals surface area contributed by atoms with E-state index in [0.717, 1.165) is 29.6 Å².